The summed E-state index contributed by atoms with van der Waals surface area (Å²) in [5.41, 5.74) is 0. The van der Waals surface area contributed by atoms with Crippen LogP contribution in [0.3, 0.4) is 0 Å². The highest BCUT2D eigenvalue weighted by Crippen LogP contribution is 2.09. The third kappa shape index (κ3) is 7.68. The summed E-state index contributed by atoms with van der Waals surface area (Å²) in [6.07, 6.45) is 0. The zero-order valence-electron chi connectivity index (χ0n) is 10.5. The van der Waals surface area contributed by atoms with Gasteiger partial charge in [-0.3, -0.25) is 4.79 Å². The van der Waals surface area contributed by atoms with Gasteiger partial charge in [0.15, 0.2) is 0 Å². The number of amides is 1. The van der Waals surface area contributed by atoms with Gasteiger partial charge in [0.1, 0.15) is 0 Å². The number of carbonyl (C=O) groups is 1. The number of hydrogen-bond acceptors (Lipinski definition) is 3. The first-order chi connectivity index (χ1) is 6.95. The van der Waals surface area contributed by atoms with Crippen molar-refractivity contribution in [2.45, 2.75) is 26.8 Å². The molecule has 0 unspecified atom stereocenters. The van der Waals surface area contributed by atoms with Crippen molar-refractivity contribution in [1.82, 2.24) is 10.2 Å². The summed E-state index contributed by atoms with van der Waals surface area (Å²) in [4.78, 5) is 13.2. The van der Waals surface area contributed by atoms with Crippen LogP contribution < -0.4 is 5.32 Å². The Morgan fingerprint density at radius 1 is 1.33 bits per heavy atom. The molecular formula is C11H24N2OS. The number of nitrogens with one attached hydrogen (secondary N) is 1. The molecule has 0 radical (unpaired) electrons. The molecule has 0 aliphatic rings. The van der Waals surface area contributed by atoms with Gasteiger partial charge in [-0.05, 0) is 0 Å². The molecule has 1 N–H and O–H groups in total. The third-order valence-corrected chi connectivity index (χ3v) is 3.26. The Hall–Kier alpha value is -0.220. The first-order valence-corrected chi connectivity index (χ1v) is 6.63. The van der Waals surface area contributed by atoms with Crippen molar-refractivity contribution < 1.29 is 4.79 Å². The van der Waals surface area contributed by atoms with Crippen LogP contribution in [0.2, 0.25) is 0 Å². The summed E-state index contributed by atoms with van der Waals surface area (Å²) in [6, 6.07) is 0.548. The van der Waals surface area contributed by atoms with E-state index in [-0.39, 0.29) is 11.8 Å². The van der Waals surface area contributed by atoms with E-state index in [9.17, 15) is 4.79 Å². The van der Waals surface area contributed by atoms with Crippen LogP contribution in [0.25, 0.3) is 0 Å². The average Bonchev–Trinajstić information content (AvgIpc) is 2.15. The van der Waals surface area contributed by atoms with Gasteiger partial charge in [0.05, 0.1) is 0 Å². The maximum atomic E-state index is 11.5. The molecule has 0 aromatic heterocycles. The Labute approximate surface area is 98.0 Å². The molecule has 1 amide bonds. The fourth-order valence-electron chi connectivity index (χ4n) is 1.19. The van der Waals surface area contributed by atoms with E-state index in [1.54, 1.807) is 4.90 Å². The Balaban J connectivity index is 3.47. The van der Waals surface area contributed by atoms with Gasteiger partial charge in [-0.1, -0.05) is 20.8 Å². The molecule has 0 rings (SSSR count). The van der Waals surface area contributed by atoms with Gasteiger partial charge in [-0.2, -0.15) is 11.8 Å². The Bertz CT molecular complexity index is 183. The van der Waals surface area contributed by atoms with E-state index in [1.807, 2.05) is 32.8 Å². The lowest BCUT2D eigenvalue weighted by atomic mass is 10.2. The maximum absolute atomic E-state index is 11.5. The van der Waals surface area contributed by atoms with Crippen molar-refractivity contribution >= 4 is 17.7 Å². The van der Waals surface area contributed by atoms with E-state index in [2.05, 4.69) is 19.2 Å². The topological polar surface area (TPSA) is 32.3 Å². The van der Waals surface area contributed by atoms with Gasteiger partial charge >= 0.3 is 0 Å². The van der Waals surface area contributed by atoms with Gasteiger partial charge in [-0.15, -0.1) is 0 Å². The summed E-state index contributed by atoms with van der Waals surface area (Å²) in [5, 5.41) is 3.36. The van der Waals surface area contributed by atoms with E-state index in [4.69, 9.17) is 0 Å². The first kappa shape index (κ1) is 14.8. The third-order valence-electron chi connectivity index (χ3n) is 2.03. The lowest BCUT2D eigenvalue weighted by molar-refractivity contribution is -0.131. The number of hydrogen-bond donors (Lipinski definition) is 1. The second-order valence-corrected chi connectivity index (χ2v) is 5.47. The van der Waals surface area contributed by atoms with Crippen molar-refractivity contribution in [3.8, 4) is 0 Å². The largest absolute Gasteiger partial charge is 0.349 e. The van der Waals surface area contributed by atoms with Crippen molar-refractivity contribution in [3.63, 3.8) is 0 Å². The van der Waals surface area contributed by atoms with Gasteiger partial charge < -0.3 is 10.2 Å². The van der Waals surface area contributed by atoms with Crippen LogP contribution in [-0.4, -0.2) is 49.0 Å². The highest BCUT2D eigenvalue weighted by molar-refractivity contribution is 7.99. The summed E-state index contributed by atoms with van der Waals surface area (Å²) in [7, 11) is 3.62. The number of nitrogens with zero attached hydrogens (tertiary/aromatic N) is 1. The van der Waals surface area contributed by atoms with Crippen molar-refractivity contribution in [2.24, 2.45) is 5.92 Å². The molecule has 0 aromatic carbocycles. The van der Waals surface area contributed by atoms with Crippen molar-refractivity contribution in [3.05, 3.63) is 0 Å². The van der Waals surface area contributed by atoms with Gasteiger partial charge in [0, 0.05) is 44.1 Å². The molecule has 4 heteroatoms. The quantitative estimate of drug-likeness (QED) is 0.674. The molecule has 1 atom stereocenters. The minimum absolute atomic E-state index is 0.129. The van der Waals surface area contributed by atoms with E-state index in [0.29, 0.717) is 6.04 Å². The lowest BCUT2D eigenvalue weighted by Crippen LogP contribution is -2.29. The Morgan fingerprint density at radius 2 is 1.93 bits per heavy atom. The van der Waals surface area contributed by atoms with Crippen LogP contribution in [0.5, 0.6) is 0 Å². The van der Waals surface area contributed by atoms with E-state index in [1.165, 1.54) is 0 Å². The molecule has 15 heavy (non-hydrogen) atoms. The van der Waals surface area contributed by atoms with E-state index >= 15 is 0 Å². The van der Waals surface area contributed by atoms with Gasteiger partial charge in [-0.25, -0.2) is 0 Å². The van der Waals surface area contributed by atoms with Crippen LogP contribution in [0.1, 0.15) is 20.8 Å². The van der Waals surface area contributed by atoms with E-state index < -0.39 is 0 Å². The minimum atomic E-state index is 0.129. The molecule has 0 aliphatic heterocycles. The molecule has 0 aromatic rings. The number of rotatable bonds is 7. The summed E-state index contributed by atoms with van der Waals surface area (Å²) in [5.74, 6) is 2.34. The fraction of sp³-hybridized carbons (Fsp3) is 0.909. The van der Waals surface area contributed by atoms with Gasteiger partial charge in [0.2, 0.25) is 5.91 Å². The smallest absolute Gasteiger partial charge is 0.225 e. The maximum Gasteiger partial charge on any atom is 0.225 e. The molecule has 0 fully saturated rings. The van der Waals surface area contributed by atoms with Crippen LogP contribution >= 0.6 is 11.8 Å². The monoisotopic (exact) mass is 232 g/mol. The van der Waals surface area contributed by atoms with Crippen molar-refractivity contribution in [2.75, 3.05) is 32.1 Å². The molecular weight excluding hydrogens is 208 g/mol. The lowest BCUT2D eigenvalue weighted by Gasteiger charge is -2.16. The number of carbonyl (C=O) groups excluding carboxylic acids is 1. The highest BCUT2D eigenvalue weighted by Gasteiger charge is 2.13. The van der Waals surface area contributed by atoms with Crippen LogP contribution in [0.15, 0.2) is 0 Å². The molecule has 3 nitrogen and oxygen atoms in total. The molecule has 0 spiro atoms. The van der Waals surface area contributed by atoms with E-state index in [0.717, 1.165) is 18.1 Å². The SMILES string of the molecule is CC(C)NCCSC[C@@H](C)C(=O)N(C)C. The zero-order valence-corrected chi connectivity index (χ0v) is 11.4. The van der Waals surface area contributed by atoms with Crippen LogP contribution in [0.4, 0.5) is 0 Å². The second-order valence-electron chi connectivity index (χ2n) is 4.32. The van der Waals surface area contributed by atoms with Gasteiger partial charge in [0.25, 0.3) is 0 Å². The normalized spacial score (nSPS) is 12.9. The zero-order chi connectivity index (χ0) is 11.8. The number of thioether (sulfide) groups is 1. The highest BCUT2D eigenvalue weighted by atomic mass is 32.2. The molecule has 0 bridgehead atoms. The summed E-state index contributed by atoms with van der Waals surface area (Å²) >= 11 is 1.84. The van der Waals surface area contributed by atoms with Crippen LogP contribution in [-0.2, 0) is 4.79 Å². The molecule has 0 saturated heterocycles. The van der Waals surface area contributed by atoms with Crippen LogP contribution in [0, 0.1) is 5.92 Å². The predicted octanol–water partition coefficient (Wildman–Crippen LogP) is 1.44. The molecule has 0 aliphatic carbocycles. The molecule has 90 valence electrons. The Kier molecular flexibility index (Phi) is 7.88. The Morgan fingerprint density at radius 3 is 2.40 bits per heavy atom. The second kappa shape index (κ2) is 7.99. The first-order valence-electron chi connectivity index (χ1n) is 5.47. The molecule has 0 heterocycles. The summed E-state index contributed by atoms with van der Waals surface area (Å²) < 4.78 is 0. The average molecular weight is 232 g/mol. The molecule has 0 saturated carbocycles. The fourth-order valence-corrected chi connectivity index (χ4v) is 2.12. The standard InChI is InChI=1S/C11H24N2OS/c1-9(2)12-6-7-15-8-10(3)11(14)13(4)5/h9-10,12H,6-8H2,1-5H3/t10-/m1/s1. The minimum Gasteiger partial charge on any atom is -0.349 e. The summed E-state index contributed by atoms with van der Waals surface area (Å²) in [6.45, 7) is 7.29. The van der Waals surface area contributed by atoms with Crippen molar-refractivity contribution in [1.29, 1.82) is 0 Å². The predicted molar refractivity (Wildman–Crippen MR) is 68.3 cm³/mol.